The number of benzene rings is 1. The minimum Gasteiger partial charge on any atom is -0.497 e. The van der Waals surface area contributed by atoms with Crippen molar-refractivity contribution >= 4 is 17.6 Å². The molecule has 1 aromatic rings. The maximum absolute atomic E-state index is 11.1. The Morgan fingerprint density at radius 1 is 1.50 bits per heavy atom. The van der Waals surface area contributed by atoms with E-state index in [9.17, 15) is 4.79 Å². The van der Waals surface area contributed by atoms with Crippen LogP contribution in [0.4, 0.5) is 0 Å². The molecule has 0 bridgehead atoms. The summed E-state index contributed by atoms with van der Waals surface area (Å²) in [6.07, 6.45) is 3.95. The van der Waals surface area contributed by atoms with Gasteiger partial charge in [-0.25, -0.2) is 0 Å². The number of rotatable bonds is 4. The van der Waals surface area contributed by atoms with Crippen LogP contribution in [0.1, 0.15) is 12.8 Å². The molecule has 1 atom stereocenters. The van der Waals surface area contributed by atoms with Crippen LogP contribution in [0.15, 0.2) is 18.2 Å². The van der Waals surface area contributed by atoms with E-state index in [1.165, 1.54) is 16.0 Å². The number of nitrogens with zero attached hydrogens (tertiary/aromatic N) is 1. The lowest BCUT2D eigenvalue weighted by molar-refractivity contribution is -0.143. The highest BCUT2D eigenvalue weighted by atomic mass is 16.5. The van der Waals surface area contributed by atoms with Gasteiger partial charge in [0.2, 0.25) is 0 Å². The summed E-state index contributed by atoms with van der Waals surface area (Å²) in [6, 6.07) is 6.09. The molecule has 1 aliphatic carbocycles. The zero-order valence-corrected chi connectivity index (χ0v) is 11.6. The van der Waals surface area contributed by atoms with E-state index >= 15 is 0 Å². The standard InChI is InChI=1S/C16H19NO3/c1-20-14-5-4-11-7-13(15(11)8-14)10-17-6-2-3-12(9-17)16(18)19/h4-5,7-8,12H,2-3,6,9-10H2,1H3,(H,18,19). The van der Waals surface area contributed by atoms with Gasteiger partial charge in [-0.2, -0.15) is 0 Å². The third-order valence-electron chi connectivity index (χ3n) is 4.18. The fraction of sp³-hybridized carbons (Fsp3) is 0.438. The van der Waals surface area contributed by atoms with Gasteiger partial charge in [-0.1, -0.05) is 6.07 Å². The molecule has 0 radical (unpaired) electrons. The molecule has 1 unspecified atom stereocenters. The number of carbonyl (C=O) groups is 1. The summed E-state index contributed by atoms with van der Waals surface area (Å²) >= 11 is 0. The molecule has 2 aliphatic rings. The van der Waals surface area contributed by atoms with Crippen molar-refractivity contribution in [3.05, 3.63) is 28.6 Å². The second-order valence-corrected chi connectivity index (χ2v) is 5.54. The monoisotopic (exact) mass is 273 g/mol. The van der Waals surface area contributed by atoms with E-state index < -0.39 is 5.97 Å². The predicted octanol–water partition coefficient (Wildman–Crippen LogP) is 0.437. The number of aliphatic carboxylic acids is 1. The summed E-state index contributed by atoms with van der Waals surface area (Å²) in [5, 5.41) is 11.6. The van der Waals surface area contributed by atoms with Gasteiger partial charge < -0.3 is 9.84 Å². The number of carboxylic acid groups (broad SMARTS) is 1. The molecule has 1 aliphatic heterocycles. The molecule has 0 aromatic heterocycles. The summed E-state index contributed by atoms with van der Waals surface area (Å²) in [6.45, 7) is 2.48. The van der Waals surface area contributed by atoms with Crippen LogP contribution in [0, 0.1) is 5.92 Å². The second kappa shape index (κ2) is 5.29. The fourth-order valence-electron chi connectivity index (χ4n) is 3.03. The Balaban J connectivity index is 1.74. The first-order valence-electron chi connectivity index (χ1n) is 7.01. The molecule has 3 rings (SSSR count). The summed E-state index contributed by atoms with van der Waals surface area (Å²) in [5.41, 5.74) is 1.28. The highest BCUT2D eigenvalue weighted by Crippen LogP contribution is 2.18. The molecule has 106 valence electrons. The fourth-order valence-corrected chi connectivity index (χ4v) is 3.03. The van der Waals surface area contributed by atoms with E-state index in [2.05, 4.69) is 23.1 Å². The minimum atomic E-state index is -0.667. The van der Waals surface area contributed by atoms with E-state index in [1.54, 1.807) is 7.11 Å². The van der Waals surface area contributed by atoms with Crippen molar-refractivity contribution in [3.8, 4) is 5.75 Å². The molecular formula is C16H19NO3. The quantitative estimate of drug-likeness (QED) is 0.864. The number of fused-ring (bicyclic) bond motifs is 1. The number of carboxylic acids is 1. The van der Waals surface area contributed by atoms with Gasteiger partial charge >= 0.3 is 5.97 Å². The van der Waals surface area contributed by atoms with Crippen LogP contribution in [0.2, 0.25) is 0 Å². The SMILES string of the molecule is COc1ccc2c(c1)=C(CN1CCCC(C(=O)O)C1)C=2. The molecule has 0 saturated carbocycles. The average Bonchev–Trinajstić information content (AvgIpc) is 2.45. The molecule has 1 fully saturated rings. The summed E-state index contributed by atoms with van der Waals surface area (Å²) in [4.78, 5) is 13.3. The lowest BCUT2D eigenvalue weighted by Gasteiger charge is -2.31. The van der Waals surface area contributed by atoms with E-state index in [0.717, 1.165) is 31.7 Å². The van der Waals surface area contributed by atoms with Crippen LogP contribution >= 0.6 is 0 Å². The zero-order valence-electron chi connectivity index (χ0n) is 11.6. The van der Waals surface area contributed by atoms with Crippen LogP contribution in [0.5, 0.6) is 5.75 Å². The molecule has 0 spiro atoms. The minimum absolute atomic E-state index is 0.214. The van der Waals surface area contributed by atoms with Crippen LogP contribution in [-0.2, 0) is 4.79 Å². The summed E-state index contributed by atoms with van der Waals surface area (Å²) in [5.74, 6) is -0.00929. The van der Waals surface area contributed by atoms with Crippen molar-refractivity contribution < 1.29 is 14.6 Å². The van der Waals surface area contributed by atoms with Gasteiger partial charge in [-0.3, -0.25) is 9.69 Å². The first-order valence-corrected chi connectivity index (χ1v) is 7.01. The normalized spacial score (nSPS) is 21.6. The number of likely N-dealkylation sites (tertiary alicyclic amines) is 1. The predicted molar refractivity (Wildman–Crippen MR) is 76.9 cm³/mol. The first kappa shape index (κ1) is 13.2. The van der Waals surface area contributed by atoms with Crippen LogP contribution in [0.3, 0.4) is 0 Å². The number of ether oxygens (including phenoxy) is 1. The van der Waals surface area contributed by atoms with Gasteiger partial charge in [0.05, 0.1) is 13.0 Å². The third-order valence-corrected chi connectivity index (χ3v) is 4.18. The van der Waals surface area contributed by atoms with E-state index in [4.69, 9.17) is 9.84 Å². The highest BCUT2D eigenvalue weighted by Gasteiger charge is 2.25. The number of hydrogen-bond donors (Lipinski definition) is 1. The molecular weight excluding hydrogens is 254 g/mol. The Hall–Kier alpha value is -1.81. The Morgan fingerprint density at radius 2 is 2.35 bits per heavy atom. The smallest absolute Gasteiger partial charge is 0.307 e. The third kappa shape index (κ3) is 2.43. The Kier molecular flexibility index (Phi) is 3.49. The molecule has 1 N–H and O–H groups in total. The largest absolute Gasteiger partial charge is 0.497 e. The van der Waals surface area contributed by atoms with Crippen LogP contribution in [0.25, 0.3) is 11.6 Å². The molecule has 4 nitrogen and oxygen atoms in total. The molecule has 0 amide bonds. The van der Waals surface area contributed by atoms with Gasteiger partial charge in [-0.15, -0.1) is 0 Å². The first-order chi connectivity index (χ1) is 9.67. The summed E-state index contributed by atoms with van der Waals surface area (Å²) < 4.78 is 5.25. The van der Waals surface area contributed by atoms with Gasteiger partial charge in [0.25, 0.3) is 0 Å². The van der Waals surface area contributed by atoms with Crippen molar-refractivity contribution in [2.45, 2.75) is 12.8 Å². The molecule has 1 aromatic carbocycles. The topological polar surface area (TPSA) is 49.8 Å². The van der Waals surface area contributed by atoms with Gasteiger partial charge in [-0.05, 0) is 53.6 Å². The van der Waals surface area contributed by atoms with Crippen molar-refractivity contribution in [3.63, 3.8) is 0 Å². The van der Waals surface area contributed by atoms with Crippen molar-refractivity contribution in [1.29, 1.82) is 0 Å². The lowest BCUT2D eigenvalue weighted by atomic mass is 9.95. The molecule has 20 heavy (non-hydrogen) atoms. The van der Waals surface area contributed by atoms with Gasteiger partial charge in [0.15, 0.2) is 0 Å². The number of piperidine rings is 1. The maximum atomic E-state index is 11.1. The number of methoxy groups -OCH3 is 1. The highest BCUT2D eigenvalue weighted by molar-refractivity contribution is 5.83. The van der Waals surface area contributed by atoms with Crippen molar-refractivity contribution in [2.75, 3.05) is 26.7 Å². The Labute approximate surface area is 118 Å². The zero-order chi connectivity index (χ0) is 14.1. The van der Waals surface area contributed by atoms with Crippen molar-refractivity contribution in [1.82, 2.24) is 4.90 Å². The molecule has 1 heterocycles. The van der Waals surface area contributed by atoms with Gasteiger partial charge in [0.1, 0.15) is 5.75 Å². The van der Waals surface area contributed by atoms with E-state index in [0.29, 0.717) is 6.54 Å². The van der Waals surface area contributed by atoms with Crippen LogP contribution < -0.4 is 15.2 Å². The van der Waals surface area contributed by atoms with Gasteiger partial charge in [0, 0.05) is 13.1 Å². The van der Waals surface area contributed by atoms with E-state index in [-0.39, 0.29) is 5.92 Å². The average molecular weight is 273 g/mol. The maximum Gasteiger partial charge on any atom is 0.307 e. The van der Waals surface area contributed by atoms with Crippen molar-refractivity contribution in [2.24, 2.45) is 5.92 Å². The summed E-state index contributed by atoms with van der Waals surface area (Å²) in [7, 11) is 1.67. The molecule has 1 saturated heterocycles. The Morgan fingerprint density at radius 3 is 3.10 bits per heavy atom. The lowest BCUT2D eigenvalue weighted by Crippen LogP contribution is -2.43. The van der Waals surface area contributed by atoms with E-state index in [1.807, 2.05) is 6.07 Å². The Bertz CT molecular complexity index is 650. The number of hydrogen-bond acceptors (Lipinski definition) is 3. The second-order valence-electron chi connectivity index (χ2n) is 5.54. The molecule has 4 heteroatoms. The van der Waals surface area contributed by atoms with Crippen LogP contribution in [-0.4, -0.2) is 42.7 Å².